The average molecular weight is 787 g/mol. The van der Waals surface area contributed by atoms with Crippen LogP contribution < -0.4 is 9.80 Å². The number of hydrogen-bond donors (Lipinski definition) is 0. The van der Waals surface area contributed by atoms with E-state index in [-0.39, 0.29) is 10.8 Å². The fraction of sp³-hybridized carbons (Fsp3) is 0.148. The summed E-state index contributed by atoms with van der Waals surface area (Å²) in [5.41, 5.74) is 9.77. The van der Waals surface area contributed by atoms with Crippen molar-refractivity contribution < 1.29 is 0 Å². The van der Waals surface area contributed by atoms with Crippen LogP contribution in [-0.4, -0.2) is 0 Å². The molecule has 0 spiro atoms. The van der Waals surface area contributed by atoms with Gasteiger partial charge in [0.15, 0.2) is 0 Å². The lowest BCUT2D eigenvalue weighted by atomic mass is 9.87. The summed E-state index contributed by atoms with van der Waals surface area (Å²) in [6, 6.07) is 62.8. The molecule has 58 heavy (non-hydrogen) atoms. The van der Waals surface area contributed by atoms with Crippen LogP contribution in [0.4, 0.5) is 34.1 Å². The minimum absolute atomic E-state index is 0.0913. The first-order valence-electron chi connectivity index (χ1n) is 20.2. The predicted molar refractivity (Wildman–Crippen MR) is 256 cm³/mol. The fourth-order valence-electron chi connectivity index (χ4n) is 8.49. The number of para-hydroxylation sites is 2. The van der Waals surface area contributed by atoms with E-state index in [2.05, 4.69) is 221 Å². The maximum atomic E-state index is 2.40. The van der Waals surface area contributed by atoms with Gasteiger partial charge in [-0.1, -0.05) is 139 Å². The molecule has 284 valence electrons. The SMILES string of the molecule is CC(C)(C)c1ccc(N(c2ccccc2)c2ccc3c(c2)sc2c4sc5cc(N(c6ccccc6)c6ccc(C(C)(C)C)cc6)ccc5c4c4ccccc4c32)cc1. The highest BCUT2D eigenvalue weighted by atomic mass is 32.1. The number of anilines is 6. The molecule has 0 N–H and O–H groups in total. The Hall–Kier alpha value is -5.94. The minimum Gasteiger partial charge on any atom is -0.310 e. The van der Waals surface area contributed by atoms with Gasteiger partial charge in [0.05, 0.1) is 9.40 Å². The van der Waals surface area contributed by atoms with E-state index in [4.69, 9.17) is 0 Å². The summed E-state index contributed by atoms with van der Waals surface area (Å²) in [4.78, 5) is 4.78. The molecule has 2 heterocycles. The summed E-state index contributed by atoms with van der Waals surface area (Å²) in [5.74, 6) is 0. The summed E-state index contributed by atoms with van der Waals surface area (Å²) in [6.45, 7) is 13.6. The third kappa shape index (κ3) is 6.23. The number of rotatable bonds is 6. The van der Waals surface area contributed by atoms with Crippen molar-refractivity contribution in [1.29, 1.82) is 0 Å². The zero-order valence-electron chi connectivity index (χ0n) is 33.9. The van der Waals surface area contributed by atoms with Gasteiger partial charge in [0.2, 0.25) is 0 Å². The molecule has 10 aromatic rings. The van der Waals surface area contributed by atoms with Crippen molar-refractivity contribution in [1.82, 2.24) is 0 Å². The van der Waals surface area contributed by atoms with Gasteiger partial charge in [-0.25, -0.2) is 0 Å². The first-order valence-corrected chi connectivity index (χ1v) is 21.8. The monoisotopic (exact) mass is 786 g/mol. The third-order valence-electron chi connectivity index (χ3n) is 11.5. The Labute approximate surface area is 349 Å². The van der Waals surface area contributed by atoms with Gasteiger partial charge < -0.3 is 9.80 Å². The number of nitrogens with zero attached hydrogens (tertiary/aromatic N) is 2. The molecular weight excluding hydrogens is 741 g/mol. The van der Waals surface area contributed by atoms with Crippen LogP contribution in [0.2, 0.25) is 0 Å². The molecule has 4 heteroatoms. The van der Waals surface area contributed by atoms with E-state index in [0.29, 0.717) is 0 Å². The number of hydrogen-bond acceptors (Lipinski definition) is 4. The quantitative estimate of drug-likeness (QED) is 0.166. The van der Waals surface area contributed by atoms with Crippen LogP contribution in [0, 0.1) is 0 Å². The van der Waals surface area contributed by atoms with Gasteiger partial charge in [0, 0.05) is 65.1 Å². The molecule has 0 bridgehead atoms. The van der Waals surface area contributed by atoms with Crippen LogP contribution in [0.25, 0.3) is 51.1 Å². The Morgan fingerprint density at radius 1 is 0.328 bits per heavy atom. The standard InChI is InChI=1S/C54H46N2S2/c1-53(2,3)35-21-25-39(26-22-35)55(37-15-9-7-10-16-37)41-29-31-45-47(33-41)57-51-49(45)43-19-13-14-20-44(43)50-46-32-30-42(34-48(46)58-52(50)51)56(38-17-11-8-12-18-38)40-27-23-36(24-28-40)54(4,5)6/h7-34H,1-6H3. The maximum Gasteiger partial charge on any atom is 0.0540 e. The molecule has 0 unspecified atom stereocenters. The fourth-order valence-corrected chi connectivity index (χ4v) is 11.1. The highest BCUT2D eigenvalue weighted by Crippen LogP contribution is 2.51. The van der Waals surface area contributed by atoms with Crippen LogP contribution in [0.3, 0.4) is 0 Å². The zero-order chi connectivity index (χ0) is 39.8. The molecule has 0 fully saturated rings. The van der Waals surface area contributed by atoms with E-state index in [0.717, 1.165) is 34.1 Å². The van der Waals surface area contributed by atoms with E-state index in [1.54, 1.807) is 0 Å². The molecule has 2 aromatic heterocycles. The van der Waals surface area contributed by atoms with Crippen molar-refractivity contribution in [3.63, 3.8) is 0 Å². The first-order chi connectivity index (χ1) is 28.0. The lowest BCUT2D eigenvalue weighted by molar-refractivity contribution is 0.590. The molecule has 0 atom stereocenters. The highest BCUT2D eigenvalue weighted by molar-refractivity contribution is 7.33. The lowest BCUT2D eigenvalue weighted by Crippen LogP contribution is -2.13. The highest BCUT2D eigenvalue weighted by Gasteiger charge is 2.22. The van der Waals surface area contributed by atoms with Crippen molar-refractivity contribution in [2.24, 2.45) is 0 Å². The topological polar surface area (TPSA) is 6.48 Å². The second kappa shape index (κ2) is 13.9. The first kappa shape index (κ1) is 36.4. The molecule has 10 rings (SSSR count). The lowest BCUT2D eigenvalue weighted by Gasteiger charge is -2.27. The van der Waals surface area contributed by atoms with Crippen LogP contribution in [0.15, 0.2) is 170 Å². The Morgan fingerprint density at radius 3 is 1.02 bits per heavy atom. The van der Waals surface area contributed by atoms with Crippen molar-refractivity contribution >= 4 is 108 Å². The zero-order valence-corrected chi connectivity index (χ0v) is 35.5. The van der Waals surface area contributed by atoms with Crippen molar-refractivity contribution in [3.05, 3.63) is 181 Å². The molecule has 0 saturated heterocycles. The molecule has 2 nitrogen and oxygen atoms in total. The van der Waals surface area contributed by atoms with Gasteiger partial charge in [-0.3, -0.25) is 0 Å². The molecule has 8 aromatic carbocycles. The Morgan fingerprint density at radius 2 is 0.655 bits per heavy atom. The largest absolute Gasteiger partial charge is 0.310 e. The number of thiophene rings is 2. The molecule has 0 aliphatic rings. The molecule has 0 aliphatic carbocycles. The van der Waals surface area contributed by atoms with Gasteiger partial charge in [-0.2, -0.15) is 0 Å². The predicted octanol–water partition coefficient (Wildman–Crippen LogP) is 17.1. The van der Waals surface area contributed by atoms with E-state index in [1.165, 1.54) is 62.2 Å². The van der Waals surface area contributed by atoms with Gasteiger partial charge in [-0.15, -0.1) is 22.7 Å². The molecule has 0 saturated carbocycles. The summed E-state index contributed by atoms with van der Waals surface area (Å²) in [6.07, 6.45) is 0. The van der Waals surface area contributed by atoms with Gasteiger partial charge >= 0.3 is 0 Å². The third-order valence-corrected chi connectivity index (χ3v) is 14.0. The number of fused-ring (bicyclic) bond motifs is 10. The molecule has 0 amide bonds. The summed E-state index contributed by atoms with van der Waals surface area (Å²) in [5, 5.41) is 7.96. The summed E-state index contributed by atoms with van der Waals surface area (Å²) < 4.78 is 5.32. The van der Waals surface area contributed by atoms with E-state index in [9.17, 15) is 0 Å². The average Bonchev–Trinajstić information content (AvgIpc) is 3.81. The van der Waals surface area contributed by atoms with E-state index < -0.39 is 0 Å². The molecule has 0 aliphatic heterocycles. The Bertz CT molecular complexity index is 2890. The van der Waals surface area contributed by atoms with Crippen LogP contribution in [-0.2, 0) is 10.8 Å². The second-order valence-corrected chi connectivity index (χ2v) is 19.6. The normalized spacial score (nSPS) is 12.3. The Balaban J connectivity index is 1.15. The van der Waals surface area contributed by atoms with E-state index >= 15 is 0 Å². The van der Waals surface area contributed by atoms with Gasteiger partial charge in [-0.05, 0) is 106 Å². The van der Waals surface area contributed by atoms with Crippen LogP contribution in [0.5, 0.6) is 0 Å². The maximum absolute atomic E-state index is 2.40. The second-order valence-electron chi connectivity index (χ2n) is 17.5. The summed E-state index contributed by atoms with van der Waals surface area (Å²) >= 11 is 3.86. The number of benzene rings is 8. The van der Waals surface area contributed by atoms with Crippen molar-refractivity contribution in [2.45, 2.75) is 52.4 Å². The van der Waals surface area contributed by atoms with E-state index in [1.807, 2.05) is 22.7 Å². The summed E-state index contributed by atoms with van der Waals surface area (Å²) in [7, 11) is 0. The Kier molecular flexibility index (Phi) is 8.70. The van der Waals surface area contributed by atoms with Crippen LogP contribution >= 0.6 is 22.7 Å². The van der Waals surface area contributed by atoms with Crippen molar-refractivity contribution in [3.8, 4) is 0 Å². The van der Waals surface area contributed by atoms with Crippen molar-refractivity contribution in [2.75, 3.05) is 9.80 Å². The molecule has 0 radical (unpaired) electrons. The van der Waals surface area contributed by atoms with Crippen LogP contribution in [0.1, 0.15) is 52.7 Å². The van der Waals surface area contributed by atoms with Gasteiger partial charge in [0.25, 0.3) is 0 Å². The van der Waals surface area contributed by atoms with Gasteiger partial charge in [0.1, 0.15) is 0 Å². The minimum atomic E-state index is 0.0913. The molecular formula is C54H46N2S2. The smallest absolute Gasteiger partial charge is 0.0540 e.